The molecule has 1 heterocycles. The Morgan fingerprint density at radius 3 is 2.53 bits per heavy atom. The van der Waals surface area contributed by atoms with E-state index in [0.29, 0.717) is 24.2 Å². The Kier molecular flexibility index (Phi) is 7.18. The van der Waals surface area contributed by atoms with Crippen LogP contribution in [-0.2, 0) is 14.6 Å². The molecule has 1 aromatic carbocycles. The number of nitrogens with zero attached hydrogens (tertiary/aromatic N) is 1. The first-order valence-electron chi connectivity index (χ1n) is 10.5. The molecule has 0 bridgehead atoms. The molecule has 3 rings (SSSR count). The van der Waals surface area contributed by atoms with E-state index in [-0.39, 0.29) is 41.0 Å². The van der Waals surface area contributed by atoms with Gasteiger partial charge in [0, 0.05) is 25.2 Å². The van der Waals surface area contributed by atoms with Crippen molar-refractivity contribution in [3.05, 3.63) is 36.2 Å². The van der Waals surface area contributed by atoms with Gasteiger partial charge in [-0.25, -0.2) is 12.8 Å². The van der Waals surface area contributed by atoms with Crippen molar-refractivity contribution >= 4 is 15.7 Å². The second-order valence-corrected chi connectivity index (χ2v) is 10.6. The molecule has 1 aromatic rings. The van der Waals surface area contributed by atoms with Crippen molar-refractivity contribution < 1.29 is 22.3 Å². The Morgan fingerprint density at radius 1 is 1.27 bits per heavy atom. The molecular weight excluding hydrogens is 407 g/mol. The fraction of sp³-hybridized carbons (Fsp3) is 0.591. The number of rotatable bonds is 9. The van der Waals surface area contributed by atoms with Crippen molar-refractivity contribution in [2.45, 2.75) is 43.9 Å². The van der Waals surface area contributed by atoms with E-state index in [1.54, 1.807) is 12.1 Å². The summed E-state index contributed by atoms with van der Waals surface area (Å²) in [6.45, 7) is 3.15. The molecule has 8 heteroatoms. The summed E-state index contributed by atoms with van der Waals surface area (Å²) >= 11 is 0. The van der Waals surface area contributed by atoms with E-state index in [2.05, 4.69) is 0 Å². The Bertz CT molecular complexity index is 877. The van der Waals surface area contributed by atoms with Crippen LogP contribution in [0.25, 0.3) is 0 Å². The first-order valence-corrected chi connectivity index (χ1v) is 12.2. The number of sulfone groups is 1. The maximum atomic E-state index is 12.8. The number of nitrogens with two attached hydrogens (primary N) is 1. The number of benzene rings is 1. The van der Waals surface area contributed by atoms with Gasteiger partial charge in [-0.15, -0.1) is 0 Å². The predicted octanol–water partition coefficient (Wildman–Crippen LogP) is 3.08. The van der Waals surface area contributed by atoms with Crippen LogP contribution in [0.5, 0.6) is 5.75 Å². The summed E-state index contributed by atoms with van der Waals surface area (Å²) in [5.41, 5.74) is 5.53. The Hall–Kier alpha value is -1.93. The van der Waals surface area contributed by atoms with Crippen molar-refractivity contribution in [2.75, 3.05) is 32.0 Å². The topological polar surface area (TPSA) is 89.7 Å². The van der Waals surface area contributed by atoms with Crippen LogP contribution in [0, 0.1) is 11.3 Å². The molecule has 30 heavy (non-hydrogen) atoms. The highest BCUT2D eigenvalue weighted by Gasteiger charge is 2.48. The molecule has 1 saturated heterocycles. The quantitative estimate of drug-likeness (QED) is 0.640. The van der Waals surface area contributed by atoms with Crippen LogP contribution >= 0.6 is 0 Å². The minimum Gasteiger partial charge on any atom is -0.489 e. The van der Waals surface area contributed by atoms with Gasteiger partial charge >= 0.3 is 0 Å². The standard InChI is InChI=1S/C22H31FN2O4S/c1-17(14-25-11-10-22(21(25)26)8-2-3-9-22)16-30(27,28)20-6-4-19(5-7-20)29-15-18(12-23)13-24/h4-7,12,17H,2-3,8-11,13-16,24H2,1H3/b18-12+/t17-/m1/s1. The van der Waals surface area contributed by atoms with E-state index in [4.69, 9.17) is 10.5 Å². The average Bonchev–Trinajstić information content (AvgIpc) is 3.32. The molecule has 166 valence electrons. The maximum absolute atomic E-state index is 12.8. The summed E-state index contributed by atoms with van der Waals surface area (Å²) in [7, 11) is -3.49. The number of ether oxygens (including phenoxy) is 1. The van der Waals surface area contributed by atoms with E-state index in [1.165, 1.54) is 12.1 Å². The summed E-state index contributed by atoms with van der Waals surface area (Å²) in [5.74, 6) is 0.476. The van der Waals surface area contributed by atoms with Crippen molar-refractivity contribution in [3.63, 3.8) is 0 Å². The molecule has 0 radical (unpaired) electrons. The SMILES string of the molecule is C[C@H](CN1CCC2(CCCC2)C1=O)CS(=O)(=O)c1ccc(OC/C(=C/F)CN)cc1. The van der Waals surface area contributed by atoms with Crippen LogP contribution in [0.4, 0.5) is 4.39 Å². The van der Waals surface area contributed by atoms with E-state index in [0.717, 1.165) is 38.6 Å². The lowest BCUT2D eigenvalue weighted by molar-refractivity contribution is -0.136. The molecule has 0 aromatic heterocycles. The Labute approximate surface area is 178 Å². The van der Waals surface area contributed by atoms with Gasteiger partial charge in [0.2, 0.25) is 5.91 Å². The minimum absolute atomic E-state index is 0.0154. The fourth-order valence-electron chi connectivity index (χ4n) is 4.54. The zero-order valence-corrected chi connectivity index (χ0v) is 18.3. The van der Waals surface area contributed by atoms with Crippen LogP contribution in [0.2, 0.25) is 0 Å². The molecule has 2 aliphatic rings. The summed E-state index contributed by atoms with van der Waals surface area (Å²) in [6, 6.07) is 6.09. The molecule has 1 atom stereocenters. The lowest BCUT2D eigenvalue weighted by Gasteiger charge is -2.24. The van der Waals surface area contributed by atoms with Gasteiger partial charge in [-0.05, 0) is 49.4 Å². The second-order valence-electron chi connectivity index (χ2n) is 8.61. The monoisotopic (exact) mass is 438 g/mol. The molecule has 0 unspecified atom stereocenters. The lowest BCUT2D eigenvalue weighted by Crippen LogP contribution is -2.37. The zero-order valence-electron chi connectivity index (χ0n) is 17.5. The number of hydrogen-bond donors (Lipinski definition) is 1. The number of carbonyl (C=O) groups is 1. The molecule has 1 spiro atoms. The highest BCUT2D eigenvalue weighted by Crippen LogP contribution is 2.46. The van der Waals surface area contributed by atoms with Gasteiger partial charge in [0.1, 0.15) is 12.4 Å². The van der Waals surface area contributed by atoms with E-state index >= 15 is 0 Å². The number of likely N-dealkylation sites (tertiary alicyclic amines) is 1. The lowest BCUT2D eigenvalue weighted by atomic mass is 9.85. The maximum Gasteiger partial charge on any atom is 0.228 e. The Balaban J connectivity index is 1.56. The van der Waals surface area contributed by atoms with Crippen molar-refractivity contribution in [1.29, 1.82) is 0 Å². The average molecular weight is 439 g/mol. The summed E-state index contributed by atoms with van der Waals surface area (Å²) in [4.78, 5) is 14.9. The molecule has 2 N–H and O–H groups in total. The summed E-state index contributed by atoms with van der Waals surface area (Å²) in [5, 5.41) is 0. The number of amides is 1. The third-order valence-corrected chi connectivity index (χ3v) is 8.22. The van der Waals surface area contributed by atoms with Crippen LogP contribution < -0.4 is 10.5 Å². The molecule has 2 fully saturated rings. The first-order chi connectivity index (χ1) is 14.3. The van der Waals surface area contributed by atoms with Gasteiger partial charge in [0.15, 0.2) is 9.84 Å². The summed E-state index contributed by atoms with van der Waals surface area (Å²) < 4.78 is 43.5. The predicted molar refractivity (Wildman–Crippen MR) is 113 cm³/mol. The van der Waals surface area contributed by atoms with Gasteiger partial charge in [0.25, 0.3) is 0 Å². The first kappa shape index (κ1) is 22.7. The van der Waals surface area contributed by atoms with E-state index < -0.39 is 9.84 Å². The van der Waals surface area contributed by atoms with Gasteiger partial charge in [0.05, 0.1) is 22.4 Å². The van der Waals surface area contributed by atoms with Crippen molar-refractivity contribution in [1.82, 2.24) is 4.90 Å². The molecule has 1 saturated carbocycles. The van der Waals surface area contributed by atoms with Crippen molar-refractivity contribution in [2.24, 2.45) is 17.1 Å². The van der Waals surface area contributed by atoms with E-state index in [1.807, 2.05) is 11.8 Å². The number of carbonyl (C=O) groups excluding carboxylic acids is 1. The minimum atomic E-state index is -3.49. The molecule has 1 aliphatic carbocycles. The smallest absolute Gasteiger partial charge is 0.228 e. The highest BCUT2D eigenvalue weighted by molar-refractivity contribution is 7.91. The Morgan fingerprint density at radius 2 is 1.93 bits per heavy atom. The van der Waals surface area contributed by atoms with E-state index in [9.17, 15) is 17.6 Å². The molecule has 1 aliphatic heterocycles. The normalized spacial score (nSPS) is 20.2. The second kappa shape index (κ2) is 9.47. The zero-order chi connectivity index (χ0) is 21.8. The number of hydrogen-bond acceptors (Lipinski definition) is 5. The third kappa shape index (κ3) is 5.03. The molecule has 1 amide bonds. The van der Waals surface area contributed by atoms with Gasteiger partial charge in [-0.2, -0.15) is 0 Å². The fourth-order valence-corrected chi connectivity index (χ4v) is 6.13. The van der Waals surface area contributed by atoms with Gasteiger partial charge in [-0.3, -0.25) is 4.79 Å². The summed E-state index contributed by atoms with van der Waals surface area (Å²) in [6.07, 6.45) is 5.48. The van der Waals surface area contributed by atoms with Crippen LogP contribution in [0.15, 0.2) is 41.1 Å². The largest absolute Gasteiger partial charge is 0.489 e. The highest BCUT2D eigenvalue weighted by atomic mass is 32.2. The third-order valence-electron chi connectivity index (χ3n) is 6.22. The molecule has 6 nitrogen and oxygen atoms in total. The van der Waals surface area contributed by atoms with Gasteiger partial charge in [-0.1, -0.05) is 19.8 Å². The number of halogens is 1. The van der Waals surface area contributed by atoms with Crippen molar-refractivity contribution in [3.8, 4) is 5.75 Å². The van der Waals surface area contributed by atoms with Crippen LogP contribution in [0.3, 0.4) is 0 Å². The van der Waals surface area contributed by atoms with Crippen LogP contribution in [-0.4, -0.2) is 51.2 Å². The van der Waals surface area contributed by atoms with Gasteiger partial charge < -0.3 is 15.4 Å². The van der Waals surface area contributed by atoms with Crippen LogP contribution in [0.1, 0.15) is 39.0 Å². The molecular formula is C22H31FN2O4S.